The average Bonchev–Trinajstić information content (AvgIpc) is 2.37. The predicted octanol–water partition coefficient (Wildman–Crippen LogP) is -0.238. The molecule has 1 aliphatic rings. The zero-order valence-corrected chi connectivity index (χ0v) is 10.8. The number of amides is 2. The summed E-state index contributed by atoms with van der Waals surface area (Å²) in [6, 6.07) is -0.229. The lowest BCUT2D eigenvalue weighted by atomic mass is 10.2. The lowest BCUT2D eigenvalue weighted by Gasteiger charge is -2.35. The standard InChI is InChI=1S/C12H20N2O5/c1-2-3-13(4-6-15)12(18)14-5-7-19-10(9-14)8-11(16)17/h2,10,15H,1,3-9H2,(H,16,17). The van der Waals surface area contributed by atoms with E-state index in [1.54, 1.807) is 11.0 Å². The predicted molar refractivity (Wildman–Crippen MR) is 67.8 cm³/mol. The molecule has 0 saturated carbocycles. The van der Waals surface area contributed by atoms with E-state index in [0.717, 1.165) is 0 Å². The highest BCUT2D eigenvalue weighted by molar-refractivity contribution is 5.75. The van der Waals surface area contributed by atoms with E-state index in [-0.39, 0.29) is 32.1 Å². The summed E-state index contributed by atoms with van der Waals surface area (Å²) >= 11 is 0. The fraction of sp³-hybridized carbons (Fsp3) is 0.667. The van der Waals surface area contributed by atoms with Gasteiger partial charge in [-0.25, -0.2) is 4.79 Å². The normalized spacial score (nSPS) is 19.0. The minimum Gasteiger partial charge on any atom is -0.481 e. The van der Waals surface area contributed by atoms with Crippen LogP contribution in [0, 0.1) is 0 Å². The molecule has 108 valence electrons. The van der Waals surface area contributed by atoms with Crippen molar-refractivity contribution in [1.82, 2.24) is 9.80 Å². The third-order valence-electron chi connectivity index (χ3n) is 2.80. The van der Waals surface area contributed by atoms with Gasteiger partial charge in [0.25, 0.3) is 0 Å². The van der Waals surface area contributed by atoms with Gasteiger partial charge in [0.05, 0.1) is 25.7 Å². The number of carbonyl (C=O) groups excluding carboxylic acids is 1. The molecule has 0 spiro atoms. The second-order valence-corrected chi connectivity index (χ2v) is 4.28. The number of rotatable bonds is 6. The fourth-order valence-electron chi connectivity index (χ4n) is 1.95. The Labute approximate surface area is 112 Å². The number of carbonyl (C=O) groups is 2. The van der Waals surface area contributed by atoms with Gasteiger partial charge in [-0.1, -0.05) is 6.08 Å². The first-order valence-corrected chi connectivity index (χ1v) is 6.17. The van der Waals surface area contributed by atoms with Gasteiger partial charge < -0.3 is 24.7 Å². The Balaban J connectivity index is 2.58. The highest BCUT2D eigenvalue weighted by atomic mass is 16.5. The molecule has 1 rings (SSSR count). The van der Waals surface area contributed by atoms with Crippen molar-refractivity contribution in [3.63, 3.8) is 0 Å². The second kappa shape index (κ2) is 7.75. The van der Waals surface area contributed by atoms with E-state index in [1.807, 2.05) is 0 Å². The molecule has 1 atom stereocenters. The Morgan fingerprint density at radius 3 is 2.84 bits per heavy atom. The van der Waals surface area contributed by atoms with Crippen LogP contribution in [0.3, 0.4) is 0 Å². The smallest absolute Gasteiger partial charge is 0.320 e. The Morgan fingerprint density at radius 2 is 2.26 bits per heavy atom. The topological polar surface area (TPSA) is 90.3 Å². The Morgan fingerprint density at radius 1 is 1.53 bits per heavy atom. The highest BCUT2D eigenvalue weighted by Gasteiger charge is 2.28. The highest BCUT2D eigenvalue weighted by Crippen LogP contribution is 2.11. The summed E-state index contributed by atoms with van der Waals surface area (Å²) < 4.78 is 5.31. The Hall–Kier alpha value is -1.60. The zero-order chi connectivity index (χ0) is 14.3. The first-order valence-electron chi connectivity index (χ1n) is 6.17. The summed E-state index contributed by atoms with van der Waals surface area (Å²) in [5, 5.41) is 17.7. The van der Waals surface area contributed by atoms with Gasteiger partial charge in [-0.15, -0.1) is 6.58 Å². The molecule has 0 aromatic heterocycles. The molecule has 7 nitrogen and oxygen atoms in total. The van der Waals surface area contributed by atoms with Gasteiger partial charge in [-0.3, -0.25) is 4.79 Å². The number of hydrogen-bond acceptors (Lipinski definition) is 4. The van der Waals surface area contributed by atoms with E-state index in [4.69, 9.17) is 14.9 Å². The van der Waals surface area contributed by atoms with E-state index >= 15 is 0 Å². The van der Waals surface area contributed by atoms with Crippen LogP contribution in [0.1, 0.15) is 6.42 Å². The third-order valence-corrected chi connectivity index (χ3v) is 2.80. The van der Waals surface area contributed by atoms with Crippen LogP contribution in [0.5, 0.6) is 0 Å². The molecule has 0 bridgehead atoms. The molecule has 19 heavy (non-hydrogen) atoms. The van der Waals surface area contributed by atoms with Crippen LogP contribution in [-0.4, -0.2) is 77.5 Å². The van der Waals surface area contributed by atoms with Crippen LogP contribution >= 0.6 is 0 Å². The maximum Gasteiger partial charge on any atom is 0.320 e. The van der Waals surface area contributed by atoms with Crippen LogP contribution in [0.2, 0.25) is 0 Å². The maximum absolute atomic E-state index is 12.2. The molecule has 1 heterocycles. The van der Waals surface area contributed by atoms with E-state index in [2.05, 4.69) is 6.58 Å². The van der Waals surface area contributed by atoms with Crippen molar-refractivity contribution in [2.24, 2.45) is 0 Å². The van der Waals surface area contributed by atoms with Gasteiger partial charge in [0.2, 0.25) is 0 Å². The number of carboxylic acid groups (broad SMARTS) is 1. The molecular formula is C12H20N2O5. The molecule has 1 aliphatic heterocycles. The molecular weight excluding hydrogens is 252 g/mol. The molecule has 7 heteroatoms. The van der Waals surface area contributed by atoms with Crippen molar-refractivity contribution in [2.75, 3.05) is 39.4 Å². The van der Waals surface area contributed by atoms with Gasteiger partial charge >= 0.3 is 12.0 Å². The van der Waals surface area contributed by atoms with Crippen molar-refractivity contribution < 1.29 is 24.5 Å². The lowest BCUT2D eigenvalue weighted by molar-refractivity contribution is -0.141. The van der Waals surface area contributed by atoms with E-state index < -0.39 is 12.1 Å². The minimum atomic E-state index is -0.947. The number of aliphatic hydroxyl groups is 1. The summed E-state index contributed by atoms with van der Waals surface area (Å²) in [6.07, 6.45) is 0.989. The molecule has 1 fully saturated rings. The van der Waals surface area contributed by atoms with Gasteiger partial charge in [0, 0.05) is 26.2 Å². The molecule has 2 N–H and O–H groups in total. The minimum absolute atomic E-state index is 0.120. The molecule has 1 unspecified atom stereocenters. The van der Waals surface area contributed by atoms with Crippen LogP contribution < -0.4 is 0 Å². The van der Waals surface area contributed by atoms with Gasteiger partial charge in [-0.05, 0) is 0 Å². The lowest BCUT2D eigenvalue weighted by Crippen LogP contribution is -2.52. The number of morpholine rings is 1. The molecule has 0 aromatic carbocycles. The summed E-state index contributed by atoms with van der Waals surface area (Å²) in [6.45, 7) is 5.02. The van der Waals surface area contributed by atoms with Crippen LogP contribution in [0.15, 0.2) is 12.7 Å². The number of ether oxygens (including phenoxy) is 1. The molecule has 0 aliphatic carbocycles. The van der Waals surface area contributed by atoms with Gasteiger partial charge in [-0.2, -0.15) is 0 Å². The van der Waals surface area contributed by atoms with Crippen molar-refractivity contribution >= 4 is 12.0 Å². The van der Waals surface area contributed by atoms with Crippen LogP contribution in [-0.2, 0) is 9.53 Å². The number of aliphatic carboxylic acids is 1. The zero-order valence-electron chi connectivity index (χ0n) is 10.8. The quantitative estimate of drug-likeness (QED) is 0.651. The summed E-state index contributed by atoms with van der Waals surface area (Å²) in [5.41, 5.74) is 0. The van der Waals surface area contributed by atoms with Crippen molar-refractivity contribution in [2.45, 2.75) is 12.5 Å². The van der Waals surface area contributed by atoms with Crippen molar-refractivity contribution in [1.29, 1.82) is 0 Å². The summed E-state index contributed by atoms with van der Waals surface area (Å²) in [5.74, 6) is -0.947. The van der Waals surface area contributed by atoms with Crippen LogP contribution in [0.25, 0.3) is 0 Å². The third kappa shape index (κ3) is 4.88. The molecule has 2 amide bonds. The monoisotopic (exact) mass is 272 g/mol. The van der Waals surface area contributed by atoms with Crippen molar-refractivity contribution in [3.05, 3.63) is 12.7 Å². The fourth-order valence-corrected chi connectivity index (χ4v) is 1.95. The Bertz CT molecular complexity index is 334. The molecule has 1 saturated heterocycles. The summed E-state index contributed by atoms with van der Waals surface area (Å²) in [7, 11) is 0. The number of hydrogen-bond donors (Lipinski definition) is 2. The number of aliphatic hydroxyl groups excluding tert-OH is 1. The van der Waals surface area contributed by atoms with E-state index in [9.17, 15) is 9.59 Å². The SMILES string of the molecule is C=CCN(CCO)C(=O)N1CCOC(CC(=O)O)C1. The van der Waals surface area contributed by atoms with E-state index in [1.165, 1.54) is 4.90 Å². The number of carboxylic acids is 1. The number of urea groups is 1. The molecule has 0 radical (unpaired) electrons. The number of nitrogens with zero attached hydrogens (tertiary/aromatic N) is 2. The maximum atomic E-state index is 12.2. The largest absolute Gasteiger partial charge is 0.481 e. The van der Waals surface area contributed by atoms with Crippen LogP contribution in [0.4, 0.5) is 4.79 Å². The first kappa shape index (κ1) is 15.5. The second-order valence-electron chi connectivity index (χ2n) is 4.28. The first-order chi connectivity index (χ1) is 9.08. The van der Waals surface area contributed by atoms with E-state index in [0.29, 0.717) is 19.7 Å². The molecule has 0 aromatic rings. The van der Waals surface area contributed by atoms with Crippen molar-refractivity contribution in [3.8, 4) is 0 Å². The van der Waals surface area contributed by atoms with Gasteiger partial charge in [0.1, 0.15) is 0 Å². The summed E-state index contributed by atoms with van der Waals surface area (Å²) in [4.78, 5) is 25.9. The average molecular weight is 272 g/mol. The Kier molecular flexibility index (Phi) is 6.31. The van der Waals surface area contributed by atoms with Gasteiger partial charge in [0.15, 0.2) is 0 Å².